The van der Waals surface area contributed by atoms with E-state index in [1.54, 1.807) is 0 Å². The van der Waals surface area contributed by atoms with Crippen LogP contribution in [0, 0.1) is 5.92 Å². The zero-order valence-electron chi connectivity index (χ0n) is 9.89. The molecule has 0 spiro atoms. The van der Waals surface area contributed by atoms with E-state index in [1.165, 1.54) is 25.1 Å². The molecule has 1 unspecified atom stereocenters. The topological polar surface area (TPSA) is 15.3 Å². The summed E-state index contributed by atoms with van der Waals surface area (Å²) in [7, 11) is 0. The molecule has 2 heterocycles. The lowest BCUT2D eigenvalue weighted by atomic mass is 9.98. The minimum atomic E-state index is 0.714. The molecule has 3 atom stereocenters. The van der Waals surface area contributed by atoms with Crippen molar-refractivity contribution < 1.29 is 0 Å². The molecule has 2 fully saturated rings. The van der Waals surface area contributed by atoms with Gasteiger partial charge in [0.15, 0.2) is 0 Å². The average Bonchev–Trinajstić information content (AvgIpc) is 2.86. The normalized spacial score (nSPS) is 34.2. The Hall–Kier alpha value is -0.860. The summed E-state index contributed by atoms with van der Waals surface area (Å²) >= 11 is 0. The Morgan fingerprint density at radius 1 is 1.31 bits per heavy atom. The van der Waals surface area contributed by atoms with Gasteiger partial charge in [-0.1, -0.05) is 30.3 Å². The van der Waals surface area contributed by atoms with E-state index in [4.69, 9.17) is 0 Å². The Balaban J connectivity index is 1.69. The average molecular weight is 216 g/mol. The number of likely N-dealkylation sites (tertiary alicyclic amines) is 1. The molecule has 0 radical (unpaired) electrons. The molecule has 0 amide bonds. The molecule has 0 aromatic heterocycles. The molecule has 2 aliphatic rings. The first-order chi connectivity index (χ1) is 7.84. The lowest BCUT2D eigenvalue weighted by Crippen LogP contribution is -2.33. The summed E-state index contributed by atoms with van der Waals surface area (Å²) in [5.74, 6) is 0.878. The number of benzene rings is 1. The third-order valence-electron chi connectivity index (χ3n) is 4.23. The van der Waals surface area contributed by atoms with E-state index in [-0.39, 0.29) is 0 Å². The van der Waals surface area contributed by atoms with Crippen molar-refractivity contribution in [2.75, 3.05) is 13.1 Å². The molecule has 3 rings (SSSR count). The molecule has 0 bridgehead atoms. The minimum Gasteiger partial charge on any atom is -0.312 e. The molecule has 2 saturated heterocycles. The Bertz CT molecular complexity index is 349. The standard InChI is InChI=1S/C14H20N2/c1-11-13-7-8-16(14(13)9-15-11)10-12-5-3-2-4-6-12/h2-6,11,13-15H,7-10H2,1H3/t11?,13-,14+/m1/s1. The number of hydrogen-bond donors (Lipinski definition) is 1. The van der Waals surface area contributed by atoms with Crippen LogP contribution in [-0.4, -0.2) is 30.1 Å². The summed E-state index contributed by atoms with van der Waals surface area (Å²) in [6, 6.07) is 12.3. The highest BCUT2D eigenvalue weighted by Crippen LogP contribution is 2.32. The zero-order chi connectivity index (χ0) is 11.0. The van der Waals surface area contributed by atoms with E-state index in [0.717, 1.165) is 18.5 Å². The van der Waals surface area contributed by atoms with Gasteiger partial charge in [0.25, 0.3) is 0 Å². The predicted octanol–water partition coefficient (Wildman–Crippen LogP) is 1.87. The third-order valence-corrected chi connectivity index (χ3v) is 4.23. The largest absolute Gasteiger partial charge is 0.312 e. The highest BCUT2D eigenvalue weighted by Gasteiger charge is 2.41. The fourth-order valence-corrected chi connectivity index (χ4v) is 3.28. The van der Waals surface area contributed by atoms with Crippen LogP contribution < -0.4 is 5.32 Å². The van der Waals surface area contributed by atoms with E-state index >= 15 is 0 Å². The van der Waals surface area contributed by atoms with Crippen LogP contribution in [0.15, 0.2) is 30.3 Å². The van der Waals surface area contributed by atoms with Gasteiger partial charge < -0.3 is 5.32 Å². The Labute approximate surface area is 97.6 Å². The lowest BCUT2D eigenvalue weighted by molar-refractivity contribution is 0.242. The SMILES string of the molecule is CC1NC[C@H]2[C@@H]1CCN2Cc1ccccc1. The highest BCUT2D eigenvalue weighted by atomic mass is 15.2. The van der Waals surface area contributed by atoms with Crippen molar-refractivity contribution >= 4 is 0 Å². The maximum Gasteiger partial charge on any atom is 0.0267 e. The minimum absolute atomic E-state index is 0.714. The van der Waals surface area contributed by atoms with Crippen LogP contribution in [0.2, 0.25) is 0 Å². The first-order valence-corrected chi connectivity index (χ1v) is 6.36. The zero-order valence-corrected chi connectivity index (χ0v) is 9.89. The summed E-state index contributed by atoms with van der Waals surface area (Å²) in [5.41, 5.74) is 1.45. The summed E-state index contributed by atoms with van der Waals surface area (Å²) in [6.07, 6.45) is 1.37. The Morgan fingerprint density at radius 3 is 2.94 bits per heavy atom. The summed E-state index contributed by atoms with van der Waals surface area (Å²) in [5, 5.41) is 3.60. The van der Waals surface area contributed by atoms with Crippen LogP contribution in [0.3, 0.4) is 0 Å². The van der Waals surface area contributed by atoms with Gasteiger partial charge in [0, 0.05) is 25.2 Å². The molecule has 0 aliphatic carbocycles. The summed E-state index contributed by atoms with van der Waals surface area (Å²) in [6.45, 7) is 5.90. The Morgan fingerprint density at radius 2 is 2.12 bits per heavy atom. The van der Waals surface area contributed by atoms with Crippen LogP contribution in [0.5, 0.6) is 0 Å². The van der Waals surface area contributed by atoms with Crippen molar-refractivity contribution in [1.82, 2.24) is 10.2 Å². The third kappa shape index (κ3) is 1.76. The molecule has 2 heteroatoms. The van der Waals surface area contributed by atoms with Gasteiger partial charge >= 0.3 is 0 Å². The summed E-state index contributed by atoms with van der Waals surface area (Å²) in [4.78, 5) is 2.65. The van der Waals surface area contributed by atoms with Crippen molar-refractivity contribution in [3.05, 3.63) is 35.9 Å². The van der Waals surface area contributed by atoms with Crippen LogP contribution in [-0.2, 0) is 6.54 Å². The van der Waals surface area contributed by atoms with Gasteiger partial charge in [0.1, 0.15) is 0 Å². The van der Waals surface area contributed by atoms with Crippen molar-refractivity contribution in [2.24, 2.45) is 5.92 Å². The number of nitrogens with zero attached hydrogens (tertiary/aromatic N) is 1. The van der Waals surface area contributed by atoms with E-state index in [0.29, 0.717) is 6.04 Å². The fraction of sp³-hybridized carbons (Fsp3) is 0.571. The molecule has 2 aliphatic heterocycles. The van der Waals surface area contributed by atoms with Crippen molar-refractivity contribution in [2.45, 2.75) is 32.0 Å². The van der Waals surface area contributed by atoms with E-state index in [2.05, 4.69) is 47.5 Å². The van der Waals surface area contributed by atoms with Gasteiger partial charge in [-0.3, -0.25) is 4.90 Å². The number of nitrogens with one attached hydrogen (secondary N) is 1. The number of fused-ring (bicyclic) bond motifs is 1. The predicted molar refractivity (Wildman–Crippen MR) is 66.2 cm³/mol. The van der Waals surface area contributed by atoms with Gasteiger partial charge in [0.2, 0.25) is 0 Å². The molecule has 1 aromatic carbocycles. The first-order valence-electron chi connectivity index (χ1n) is 6.36. The monoisotopic (exact) mass is 216 g/mol. The molecule has 86 valence electrons. The maximum atomic E-state index is 3.60. The van der Waals surface area contributed by atoms with Crippen LogP contribution in [0.4, 0.5) is 0 Å². The molecule has 2 nitrogen and oxygen atoms in total. The first kappa shape index (κ1) is 10.3. The second kappa shape index (κ2) is 4.19. The van der Waals surface area contributed by atoms with Crippen molar-refractivity contribution in [1.29, 1.82) is 0 Å². The molecular weight excluding hydrogens is 196 g/mol. The quantitative estimate of drug-likeness (QED) is 0.812. The second-order valence-corrected chi connectivity index (χ2v) is 5.17. The van der Waals surface area contributed by atoms with Gasteiger partial charge in [-0.05, 0) is 31.4 Å². The van der Waals surface area contributed by atoms with Crippen LogP contribution >= 0.6 is 0 Å². The number of hydrogen-bond acceptors (Lipinski definition) is 2. The molecule has 1 aromatic rings. The van der Waals surface area contributed by atoms with E-state index < -0.39 is 0 Å². The molecule has 0 saturated carbocycles. The van der Waals surface area contributed by atoms with Crippen LogP contribution in [0.1, 0.15) is 18.9 Å². The highest BCUT2D eigenvalue weighted by molar-refractivity contribution is 5.15. The van der Waals surface area contributed by atoms with Crippen molar-refractivity contribution in [3.63, 3.8) is 0 Å². The van der Waals surface area contributed by atoms with E-state index in [1.807, 2.05) is 0 Å². The van der Waals surface area contributed by atoms with Gasteiger partial charge in [-0.2, -0.15) is 0 Å². The van der Waals surface area contributed by atoms with Crippen LogP contribution in [0.25, 0.3) is 0 Å². The molecule has 16 heavy (non-hydrogen) atoms. The summed E-state index contributed by atoms with van der Waals surface area (Å²) < 4.78 is 0. The van der Waals surface area contributed by atoms with Crippen molar-refractivity contribution in [3.8, 4) is 0 Å². The Kier molecular flexibility index (Phi) is 2.70. The fourth-order valence-electron chi connectivity index (χ4n) is 3.28. The second-order valence-electron chi connectivity index (χ2n) is 5.17. The van der Waals surface area contributed by atoms with E-state index in [9.17, 15) is 0 Å². The van der Waals surface area contributed by atoms with Gasteiger partial charge in [-0.25, -0.2) is 0 Å². The number of rotatable bonds is 2. The molecular formula is C14H20N2. The maximum absolute atomic E-state index is 3.60. The molecule has 1 N–H and O–H groups in total. The smallest absolute Gasteiger partial charge is 0.0267 e. The van der Waals surface area contributed by atoms with Gasteiger partial charge in [-0.15, -0.1) is 0 Å². The van der Waals surface area contributed by atoms with Gasteiger partial charge in [0.05, 0.1) is 0 Å². The lowest BCUT2D eigenvalue weighted by Gasteiger charge is -2.23.